The zero-order valence-electron chi connectivity index (χ0n) is 15.2. The Bertz CT molecular complexity index is 633. The van der Waals surface area contributed by atoms with E-state index in [1.165, 1.54) is 0 Å². The summed E-state index contributed by atoms with van der Waals surface area (Å²) in [5.41, 5.74) is 1.04. The van der Waals surface area contributed by atoms with Crippen LogP contribution < -0.4 is 5.32 Å². The Morgan fingerprint density at radius 1 is 1.23 bits per heavy atom. The number of hydrogen-bond acceptors (Lipinski definition) is 5. The molecule has 0 aliphatic carbocycles. The number of rotatable bonds is 8. The Morgan fingerprint density at radius 2 is 1.92 bits per heavy atom. The van der Waals surface area contributed by atoms with E-state index in [4.69, 9.17) is 10.00 Å². The highest BCUT2D eigenvalue weighted by Crippen LogP contribution is 2.10. The first-order chi connectivity index (χ1) is 12.7. The van der Waals surface area contributed by atoms with Crippen molar-refractivity contribution in [2.24, 2.45) is 0 Å². The number of piperazine rings is 1. The van der Waals surface area contributed by atoms with Crippen molar-refractivity contribution < 1.29 is 14.3 Å². The Kier molecular flexibility index (Phi) is 8.06. The number of hydrogen-bond donors (Lipinski definition) is 1. The van der Waals surface area contributed by atoms with Crippen LogP contribution in [0.5, 0.6) is 0 Å². The van der Waals surface area contributed by atoms with Crippen LogP contribution in [0.25, 0.3) is 0 Å². The van der Waals surface area contributed by atoms with Crippen molar-refractivity contribution in [1.29, 1.82) is 5.26 Å². The van der Waals surface area contributed by atoms with Gasteiger partial charge in [-0.2, -0.15) is 5.26 Å². The molecule has 0 aromatic heterocycles. The van der Waals surface area contributed by atoms with Crippen molar-refractivity contribution in [3.63, 3.8) is 0 Å². The van der Waals surface area contributed by atoms with Gasteiger partial charge in [-0.25, -0.2) is 0 Å². The third-order valence-corrected chi connectivity index (χ3v) is 4.39. The predicted octanol–water partition coefficient (Wildman–Crippen LogP) is 0.859. The minimum Gasteiger partial charge on any atom is -0.385 e. The smallest absolute Gasteiger partial charge is 0.253 e. The molecular weight excluding hydrogens is 332 g/mol. The van der Waals surface area contributed by atoms with Gasteiger partial charge < -0.3 is 19.9 Å². The summed E-state index contributed by atoms with van der Waals surface area (Å²) in [5.74, 6) is -0.0467. The highest BCUT2D eigenvalue weighted by atomic mass is 16.5. The van der Waals surface area contributed by atoms with Gasteiger partial charge in [-0.05, 0) is 30.7 Å². The average Bonchev–Trinajstić information content (AvgIpc) is 2.70. The summed E-state index contributed by atoms with van der Waals surface area (Å²) in [5, 5.41) is 12.1. The molecule has 1 fully saturated rings. The molecule has 7 heteroatoms. The van der Waals surface area contributed by atoms with E-state index in [2.05, 4.69) is 5.32 Å². The fraction of sp³-hybridized carbons (Fsp3) is 0.526. The lowest BCUT2D eigenvalue weighted by Gasteiger charge is -2.29. The van der Waals surface area contributed by atoms with E-state index < -0.39 is 0 Å². The van der Waals surface area contributed by atoms with Gasteiger partial charge in [0.15, 0.2) is 0 Å². The van der Waals surface area contributed by atoms with Crippen molar-refractivity contribution in [2.75, 3.05) is 53.0 Å². The molecule has 1 aliphatic rings. The highest BCUT2D eigenvalue weighted by Gasteiger charge is 2.20. The molecule has 0 spiro atoms. The third-order valence-electron chi connectivity index (χ3n) is 4.39. The molecule has 0 radical (unpaired) electrons. The van der Waals surface area contributed by atoms with E-state index in [9.17, 15) is 9.59 Å². The number of carbonyl (C=O) groups is 2. The molecule has 1 N–H and O–H groups in total. The summed E-state index contributed by atoms with van der Waals surface area (Å²) in [6.45, 7) is 4.52. The van der Waals surface area contributed by atoms with Gasteiger partial charge in [-0.1, -0.05) is 0 Å². The second kappa shape index (κ2) is 10.5. The van der Waals surface area contributed by atoms with Crippen LogP contribution in [0, 0.1) is 11.3 Å². The predicted molar refractivity (Wildman–Crippen MR) is 97.6 cm³/mol. The van der Waals surface area contributed by atoms with E-state index in [1.807, 2.05) is 11.0 Å². The summed E-state index contributed by atoms with van der Waals surface area (Å²) < 4.78 is 5.07. The summed E-state index contributed by atoms with van der Waals surface area (Å²) in [6.07, 6.45) is 1.02. The maximum atomic E-state index is 12.8. The number of amides is 2. The number of methoxy groups -OCH3 is 1. The number of benzene rings is 1. The van der Waals surface area contributed by atoms with Crippen molar-refractivity contribution in [2.45, 2.75) is 12.8 Å². The van der Waals surface area contributed by atoms with E-state index >= 15 is 0 Å². The summed E-state index contributed by atoms with van der Waals surface area (Å²) in [6, 6.07) is 8.62. The lowest BCUT2D eigenvalue weighted by Crippen LogP contribution is -2.47. The van der Waals surface area contributed by atoms with Crippen molar-refractivity contribution in [3.8, 4) is 6.07 Å². The zero-order chi connectivity index (χ0) is 18.8. The molecule has 2 amide bonds. The van der Waals surface area contributed by atoms with E-state index in [-0.39, 0.29) is 11.8 Å². The molecule has 1 saturated heterocycles. The number of nitriles is 1. The van der Waals surface area contributed by atoms with Gasteiger partial charge in [-0.3, -0.25) is 9.59 Å². The maximum Gasteiger partial charge on any atom is 0.253 e. The molecule has 0 unspecified atom stereocenters. The topological polar surface area (TPSA) is 85.7 Å². The van der Waals surface area contributed by atoms with Crippen LogP contribution in [0.3, 0.4) is 0 Å². The Balaban J connectivity index is 1.97. The quantitative estimate of drug-likeness (QED) is 0.697. The Hall–Kier alpha value is -2.43. The molecule has 1 heterocycles. The largest absolute Gasteiger partial charge is 0.385 e. The number of nitrogens with one attached hydrogen (secondary N) is 1. The molecule has 7 nitrogen and oxygen atoms in total. The lowest BCUT2D eigenvalue weighted by molar-refractivity contribution is -0.131. The third kappa shape index (κ3) is 5.83. The molecule has 2 rings (SSSR count). The molecule has 0 atom stereocenters. The van der Waals surface area contributed by atoms with Crippen LogP contribution in [-0.2, 0) is 9.53 Å². The molecule has 140 valence electrons. The summed E-state index contributed by atoms with van der Waals surface area (Å²) in [7, 11) is 1.63. The molecular formula is C19H26N4O3. The van der Waals surface area contributed by atoms with Crippen molar-refractivity contribution in [3.05, 3.63) is 35.4 Å². The van der Waals surface area contributed by atoms with Crippen LogP contribution in [-0.4, -0.2) is 74.6 Å². The van der Waals surface area contributed by atoms with E-state index in [0.29, 0.717) is 56.8 Å². The van der Waals surface area contributed by atoms with Crippen LogP contribution in [0.1, 0.15) is 28.8 Å². The molecule has 1 aliphatic heterocycles. The van der Waals surface area contributed by atoms with Crippen LogP contribution in [0.2, 0.25) is 0 Å². The Labute approximate surface area is 154 Å². The monoisotopic (exact) mass is 358 g/mol. The highest BCUT2D eigenvalue weighted by molar-refractivity contribution is 5.94. The lowest BCUT2D eigenvalue weighted by atomic mass is 10.1. The van der Waals surface area contributed by atoms with Crippen molar-refractivity contribution >= 4 is 11.8 Å². The molecule has 1 aromatic rings. The first kappa shape index (κ1) is 19.9. The standard InChI is InChI=1S/C19H26N4O3/c1-26-14-2-10-23(11-7-18(24)22-12-8-21-9-13-22)19(25)17-5-3-16(15-20)4-6-17/h3-6,21H,2,7-14H2,1H3. The summed E-state index contributed by atoms with van der Waals surface area (Å²) >= 11 is 0. The van der Waals surface area contributed by atoms with Gasteiger partial charge in [0, 0.05) is 65.0 Å². The van der Waals surface area contributed by atoms with Gasteiger partial charge >= 0.3 is 0 Å². The number of ether oxygens (including phenoxy) is 1. The minimum atomic E-state index is -0.126. The molecule has 0 saturated carbocycles. The number of carbonyl (C=O) groups excluding carboxylic acids is 2. The normalized spacial score (nSPS) is 13.9. The SMILES string of the molecule is COCCCN(CCC(=O)N1CCNCC1)C(=O)c1ccc(C#N)cc1. The molecule has 0 bridgehead atoms. The van der Waals surface area contributed by atoms with Crippen LogP contribution >= 0.6 is 0 Å². The van der Waals surface area contributed by atoms with Gasteiger partial charge in [0.25, 0.3) is 5.91 Å². The van der Waals surface area contributed by atoms with E-state index in [1.54, 1.807) is 36.3 Å². The van der Waals surface area contributed by atoms with Gasteiger partial charge in [0.05, 0.1) is 11.6 Å². The zero-order valence-corrected chi connectivity index (χ0v) is 15.2. The van der Waals surface area contributed by atoms with Crippen molar-refractivity contribution in [1.82, 2.24) is 15.1 Å². The first-order valence-corrected chi connectivity index (χ1v) is 8.92. The fourth-order valence-corrected chi connectivity index (χ4v) is 2.89. The Morgan fingerprint density at radius 3 is 2.54 bits per heavy atom. The second-order valence-corrected chi connectivity index (χ2v) is 6.21. The van der Waals surface area contributed by atoms with E-state index in [0.717, 1.165) is 13.1 Å². The molecule has 26 heavy (non-hydrogen) atoms. The summed E-state index contributed by atoms with van der Waals surface area (Å²) in [4.78, 5) is 28.7. The van der Waals surface area contributed by atoms with Crippen LogP contribution in [0.4, 0.5) is 0 Å². The van der Waals surface area contributed by atoms with Gasteiger partial charge in [0.2, 0.25) is 5.91 Å². The second-order valence-electron chi connectivity index (χ2n) is 6.21. The first-order valence-electron chi connectivity index (χ1n) is 8.92. The fourth-order valence-electron chi connectivity index (χ4n) is 2.89. The van der Waals surface area contributed by atoms with Gasteiger partial charge in [0.1, 0.15) is 0 Å². The van der Waals surface area contributed by atoms with Gasteiger partial charge in [-0.15, -0.1) is 0 Å². The minimum absolute atomic E-state index is 0.0795. The molecule has 1 aromatic carbocycles. The number of nitrogens with zero attached hydrogens (tertiary/aromatic N) is 3. The van der Waals surface area contributed by atoms with Crippen LogP contribution in [0.15, 0.2) is 24.3 Å². The average molecular weight is 358 g/mol. The maximum absolute atomic E-state index is 12.8.